The Kier molecular flexibility index (Phi) is 46.8. The maximum absolute atomic E-state index is 12.0. The van der Waals surface area contributed by atoms with Crippen molar-refractivity contribution in [2.45, 2.75) is 271 Å². The molecule has 0 aromatic rings. The molecule has 0 fully saturated rings. The van der Waals surface area contributed by atoms with E-state index in [-0.39, 0.29) is 11.9 Å². The average Bonchev–Trinajstić information content (AvgIpc) is 3.16. The van der Waals surface area contributed by atoms with Gasteiger partial charge in [0.25, 0.3) is 0 Å². The van der Waals surface area contributed by atoms with Crippen molar-refractivity contribution < 1.29 is 19.1 Å². The molecule has 0 N–H and O–H groups in total. The van der Waals surface area contributed by atoms with Gasteiger partial charge in [-0.15, -0.1) is 0 Å². The minimum atomic E-state index is -0.105. The molecule has 0 radical (unpaired) electrons. The van der Waals surface area contributed by atoms with Crippen LogP contribution in [0, 0.1) is 0 Å². The van der Waals surface area contributed by atoms with E-state index in [9.17, 15) is 9.59 Å². The lowest BCUT2D eigenvalue weighted by Crippen LogP contribution is -2.09. The first-order valence-electron chi connectivity index (χ1n) is 24.1. The van der Waals surface area contributed by atoms with E-state index in [2.05, 4.69) is 13.8 Å². The highest BCUT2D eigenvalue weighted by molar-refractivity contribution is 7.99. The number of unbranched alkanes of at least 4 members (excludes halogenated alkanes) is 36. The molecule has 0 aliphatic heterocycles. The van der Waals surface area contributed by atoms with Gasteiger partial charge in [-0.1, -0.05) is 245 Å². The summed E-state index contributed by atoms with van der Waals surface area (Å²) < 4.78 is 10.8. The summed E-state index contributed by atoms with van der Waals surface area (Å²) in [5.74, 6) is 1.22. The summed E-state index contributed by atoms with van der Waals surface area (Å²) in [4.78, 5) is 24.0. The molecule has 0 rings (SSSR count). The fraction of sp³-hybridized carbons (Fsp3) is 0.958. The first kappa shape index (κ1) is 52.3. The van der Waals surface area contributed by atoms with Gasteiger partial charge in [0, 0.05) is 11.5 Å². The molecule has 0 saturated heterocycles. The molecule has 4 nitrogen and oxygen atoms in total. The molecule has 316 valence electrons. The van der Waals surface area contributed by atoms with Crippen LogP contribution in [0.2, 0.25) is 0 Å². The fourth-order valence-corrected chi connectivity index (χ4v) is 8.12. The zero-order valence-electron chi connectivity index (χ0n) is 36.2. The van der Waals surface area contributed by atoms with Crippen LogP contribution in [0.25, 0.3) is 0 Å². The smallest absolute Gasteiger partial charge is 0.306 e. The largest absolute Gasteiger partial charge is 0.466 e. The molecule has 0 amide bonds. The van der Waals surface area contributed by atoms with E-state index < -0.39 is 0 Å². The van der Waals surface area contributed by atoms with Gasteiger partial charge in [0.15, 0.2) is 0 Å². The molecule has 0 aromatic carbocycles. The van der Waals surface area contributed by atoms with E-state index in [0.29, 0.717) is 37.6 Å². The summed E-state index contributed by atoms with van der Waals surface area (Å²) in [5, 5.41) is 0. The first-order valence-corrected chi connectivity index (χ1v) is 25.2. The third-order valence-electron chi connectivity index (χ3n) is 10.9. The third kappa shape index (κ3) is 47.4. The lowest BCUT2D eigenvalue weighted by Gasteiger charge is -2.06. The summed E-state index contributed by atoms with van der Waals surface area (Å²) in [6.45, 7) is 5.68. The molecule has 0 aliphatic carbocycles. The molecule has 0 saturated carbocycles. The standard InChI is InChI=1S/C48H94O4S/c1-3-5-7-9-11-13-15-17-19-21-23-25-27-29-31-33-35-37-39-43-51-47(49)41-45-53-46-42-48(50)52-44-40-38-36-34-32-30-28-26-24-22-20-18-16-14-12-10-8-6-4-2/h3-46H2,1-2H3. The summed E-state index contributed by atoms with van der Waals surface area (Å²) in [6, 6.07) is 0. The third-order valence-corrected chi connectivity index (χ3v) is 11.9. The second-order valence-corrected chi connectivity index (χ2v) is 17.5. The monoisotopic (exact) mass is 767 g/mol. The molecular formula is C48H94O4S. The molecule has 0 aromatic heterocycles. The highest BCUT2D eigenvalue weighted by atomic mass is 32.2. The van der Waals surface area contributed by atoms with Crippen molar-refractivity contribution in [1.82, 2.24) is 0 Å². The quantitative estimate of drug-likeness (QED) is 0.0456. The van der Waals surface area contributed by atoms with Gasteiger partial charge in [-0.25, -0.2) is 0 Å². The normalized spacial score (nSPS) is 11.4. The van der Waals surface area contributed by atoms with Gasteiger partial charge in [0.05, 0.1) is 26.1 Å². The van der Waals surface area contributed by atoms with Crippen LogP contribution in [0.15, 0.2) is 0 Å². The van der Waals surface area contributed by atoms with Crippen molar-refractivity contribution in [3.63, 3.8) is 0 Å². The molecule has 0 aliphatic rings. The van der Waals surface area contributed by atoms with Crippen molar-refractivity contribution in [1.29, 1.82) is 0 Å². The van der Waals surface area contributed by atoms with Crippen LogP contribution in [0.4, 0.5) is 0 Å². The molecular weight excluding hydrogens is 673 g/mol. The van der Waals surface area contributed by atoms with Gasteiger partial charge in [0.2, 0.25) is 0 Å². The molecule has 0 unspecified atom stereocenters. The Labute approximate surface area is 337 Å². The van der Waals surface area contributed by atoms with Crippen molar-refractivity contribution in [2.24, 2.45) is 0 Å². The Hall–Kier alpha value is -0.710. The van der Waals surface area contributed by atoms with Gasteiger partial charge in [-0.05, 0) is 12.8 Å². The fourth-order valence-electron chi connectivity index (χ4n) is 7.29. The number of esters is 2. The second kappa shape index (κ2) is 47.4. The molecule has 0 bridgehead atoms. The summed E-state index contributed by atoms with van der Waals surface area (Å²) in [7, 11) is 0. The minimum absolute atomic E-state index is 0.105. The SMILES string of the molecule is CCCCCCCCCCCCCCCCCCCCCOC(=O)CCSCCC(=O)OCCCCCCCCCCCCCCCCCCCCC. The van der Waals surface area contributed by atoms with E-state index in [1.54, 1.807) is 11.8 Å². The lowest BCUT2D eigenvalue weighted by molar-refractivity contribution is -0.144. The van der Waals surface area contributed by atoms with Crippen molar-refractivity contribution in [3.8, 4) is 0 Å². The highest BCUT2D eigenvalue weighted by Gasteiger charge is 2.06. The topological polar surface area (TPSA) is 52.6 Å². The van der Waals surface area contributed by atoms with Gasteiger partial charge in [-0.2, -0.15) is 11.8 Å². The first-order chi connectivity index (χ1) is 26.2. The zero-order valence-corrected chi connectivity index (χ0v) is 37.0. The minimum Gasteiger partial charge on any atom is -0.466 e. The van der Waals surface area contributed by atoms with Crippen molar-refractivity contribution in [3.05, 3.63) is 0 Å². The Morgan fingerprint density at radius 1 is 0.302 bits per heavy atom. The van der Waals surface area contributed by atoms with Crippen LogP contribution in [-0.2, 0) is 19.1 Å². The van der Waals surface area contributed by atoms with Gasteiger partial charge >= 0.3 is 11.9 Å². The van der Waals surface area contributed by atoms with E-state index in [0.717, 1.165) is 25.7 Å². The Bertz CT molecular complexity index is 656. The van der Waals surface area contributed by atoms with Gasteiger partial charge < -0.3 is 9.47 Å². The number of rotatable bonds is 46. The maximum atomic E-state index is 12.0. The van der Waals surface area contributed by atoms with Crippen LogP contribution >= 0.6 is 11.8 Å². The molecule has 0 atom stereocenters. The number of hydrogen-bond donors (Lipinski definition) is 0. The van der Waals surface area contributed by atoms with E-state index in [4.69, 9.17) is 9.47 Å². The maximum Gasteiger partial charge on any atom is 0.306 e. The molecule has 5 heteroatoms. The number of ether oxygens (including phenoxy) is 2. The number of thioether (sulfide) groups is 1. The predicted molar refractivity (Wildman–Crippen MR) is 235 cm³/mol. The second-order valence-electron chi connectivity index (χ2n) is 16.3. The van der Waals surface area contributed by atoms with Crippen LogP contribution < -0.4 is 0 Å². The van der Waals surface area contributed by atoms with Crippen LogP contribution in [0.1, 0.15) is 271 Å². The molecule has 0 heterocycles. The number of carbonyl (C=O) groups is 2. The van der Waals surface area contributed by atoms with E-state index >= 15 is 0 Å². The van der Waals surface area contributed by atoms with Crippen LogP contribution in [0.5, 0.6) is 0 Å². The van der Waals surface area contributed by atoms with E-state index in [1.165, 1.54) is 218 Å². The zero-order chi connectivity index (χ0) is 38.4. The lowest BCUT2D eigenvalue weighted by atomic mass is 10.0. The highest BCUT2D eigenvalue weighted by Crippen LogP contribution is 2.17. The summed E-state index contributed by atoms with van der Waals surface area (Å²) >= 11 is 1.64. The Morgan fingerprint density at radius 3 is 0.698 bits per heavy atom. The van der Waals surface area contributed by atoms with Crippen molar-refractivity contribution in [2.75, 3.05) is 24.7 Å². The summed E-state index contributed by atoms with van der Waals surface area (Å²) in [5.41, 5.74) is 0. The Morgan fingerprint density at radius 2 is 0.491 bits per heavy atom. The van der Waals surface area contributed by atoms with Gasteiger partial charge in [0.1, 0.15) is 0 Å². The van der Waals surface area contributed by atoms with Crippen LogP contribution in [0.3, 0.4) is 0 Å². The van der Waals surface area contributed by atoms with Gasteiger partial charge in [-0.3, -0.25) is 9.59 Å². The van der Waals surface area contributed by atoms with E-state index in [1.807, 2.05) is 0 Å². The molecule has 53 heavy (non-hydrogen) atoms. The average molecular weight is 767 g/mol. The summed E-state index contributed by atoms with van der Waals surface area (Å²) in [6.07, 6.45) is 52.8. The van der Waals surface area contributed by atoms with Crippen molar-refractivity contribution >= 4 is 23.7 Å². The molecule has 0 spiro atoms. The predicted octanol–water partition coefficient (Wildman–Crippen LogP) is 16.4. The van der Waals surface area contributed by atoms with Crippen LogP contribution in [-0.4, -0.2) is 36.7 Å². The number of carbonyl (C=O) groups excluding carboxylic acids is 2. The Balaban J connectivity index is 3.23. The number of hydrogen-bond acceptors (Lipinski definition) is 5.